The van der Waals surface area contributed by atoms with E-state index in [1.165, 1.54) is 11.1 Å². The molecule has 286 valence electrons. The number of carbonyl (C=O) groups is 2. The molecule has 0 spiro atoms. The minimum atomic E-state index is -0.593. The maximum absolute atomic E-state index is 12.7. The van der Waals surface area contributed by atoms with E-state index in [0.29, 0.717) is 36.3 Å². The number of hydrogen-bond acceptors (Lipinski definition) is 9. The molecule has 3 atom stereocenters. The van der Waals surface area contributed by atoms with Crippen molar-refractivity contribution in [3.63, 3.8) is 0 Å². The summed E-state index contributed by atoms with van der Waals surface area (Å²) in [4.78, 5) is 27.4. The van der Waals surface area contributed by atoms with E-state index in [9.17, 15) is 14.7 Å². The van der Waals surface area contributed by atoms with Gasteiger partial charge in [-0.25, -0.2) is 0 Å². The second-order valence-corrected chi connectivity index (χ2v) is 14.0. The number of ether oxygens (including phenoxy) is 4. The van der Waals surface area contributed by atoms with Crippen LogP contribution in [-0.2, 0) is 38.6 Å². The zero-order valence-electron chi connectivity index (χ0n) is 31.2. The molecule has 0 bridgehead atoms. The lowest BCUT2D eigenvalue weighted by molar-refractivity contribution is -0.253. The van der Waals surface area contributed by atoms with Crippen LogP contribution in [-0.4, -0.2) is 55.2 Å². The van der Waals surface area contributed by atoms with E-state index in [2.05, 4.69) is 27.7 Å². The average Bonchev–Trinajstić information content (AvgIpc) is 3.19. The van der Waals surface area contributed by atoms with Crippen LogP contribution in [0.4, 0.5) is 17.1 Å². The monoisotopic (exact) mass is 736 g/mol. The molecule has 0 saturated carbocycles. The van der Waals surface area contributed by atoms with Crippen LogP contribution in [0, 0.1) is 0 Å². The molecule has 4 aromatic carbocycles. The fourth-order valence-electron chi connectivity index (χ4n) is 7.11. The predicted octanol–water partition coefficient (Wildman–Crippen LogP) is 7.30. The number of nitrogens with zero attached hydrogens (tertiary/aromatic N) is 1. The molecule has 2 aliphatic rings. The van der Waals surface area contributed by atoms with Crippen LogP contribution in [0.25, 0.3) is 0 Å². The van der Waals surface area contributed by atoms with E-state index in [1.54, 1.807) is 26.4 Å². The van der Waals surface area contributed by atoms with Crippen LogP contribution in [0.1, 0.15) is 85.2 Å². The van der Waals surface area contributed by atoms with Crippen molar-refractivity contribution in [2.45, 2.75) is 83.0 Å². The van der Waals surface area contributed by atoms with Gasteiger partial charge in [0.25, 0.3) is 0 Å². The van der Waals surface area contributed by atoms with Crippen LogP contribution in [0.3, 0.4) is 0 Å². The van der Waals surface area contributed by atoms with Gasteiger partial charge in [-0.15, -0.1) is 0 Å². The Hall–Kier alpha value is -4.94. The summed E-state index contributed by atoms with van der Waals surface area (Å²) in [5, 5.41) is 15.4. The van der Waals surface area contributed by atoms with Crippen LogP contribution >= 0.6 is 0 Å². The summed E-state index contributed by atoms with van der Waals surface area (Å²) in [5.41, 5.74) is 13.1. The normalized spacial score (nSPS) is 18.4. The van der Waals surface area contributed by atoms with Gasteiger partial charge in [0.1, 0.15) is 0 Å². The Balaban J connectivity index is 1.01. The summed E-state index contributed by atoms with van der Waals surface area (Å²) < 4.78 is 24.3. The van der Waals surface area contributed by atoms with Crippen molar-refractivity contribution < 1.29 is 33.6 Å². The number of anilines is 3. The first-order valence-corrected chi connectivity index (χ1v) is 18.8. The van der Waals surface area contributed by atoms with Gasteiger partial charge in [-0.1, -0.05) is 61.4 Å². The van der Waals surface area contributed by atoms with Crippen molar-refractivity contribution in [2.24, 2.45) is 0 Å². The zero-order valence-corrected chi connectivity index (χ0v) is 31.2. The Labute approximate surface area is 317 Å². The summed E-state index contributed by atoms with van der Waals surface area (Å²) in [5.74, 6) is 1.38. The highest BCUT2D eigenvalue weighted by Crippen LogP contribution is 2.39. The number of benzene rings is 4. The molecule has 1 saturated heterocycles. The first-order chi connectivity index (χ1) is 26.3. The SMILES string of the molecule is COc1cc2c(cc1OC)CN(C[C@H]1C[C@@H](c3ccc(CO)cc3)O[C@@H](c3ccc(NC(=O)CCCCCCC(=O)Nc4ccccc4N)cc3)O1)CC2. The quantitative estimate of drug-likeness (QED) is 0.0688. The van der Waals surface area contributed by atoms with Crippen LogP contribution in [0.5, 0.6) is 11.5 Å². The molecule has 1 fully saturated rings. The number of fused-ring (bicyclic) bond motifs is 1. The first-order valence-electron chi connectivity index (χ1n) is 18.8. The second kappa shape index (κ2) is 18.9. The fourth-order valence-corrected chi connectivity index (χ4v) is 7.11. The minimum Gasteiger partial charge on any atom is -0.493 e. The number of rotatable bonds is 16. The number of hydrogen-bond donors (Lipinski definition) is 4. The van der Waals surface area contributed by atoms with Gasteiger partial charge in [-0.05, 0) is 77.9 Å². The molecule has 0 unspecified atom stereocenters. The van der Waals surface area contributed by atoms with Crippen molar-refractivity contribution >= 4 is 28.9 Å². The van der Waals surface area contributed by atoms with E-state index in [-0.39, 0.29) is 30.6 Å². The minimum absolute atomic E-state index is 0.0116. The molecule has 5 N–H and O–H groups in total. The maximum atomic E-state index is 12.7. The van der Waals surface area contributed by atoms with Crippen LogP contribution < -0.4 is 25.8 Å². The average molecular weight is 737 g/mol. The lowest BCUT2D eigenvalue weighted by Crippen LogP contribution is -2.41. The highest BCUT2D eigenvalue weighted by Gasteiger charge is 2.34. The Kier molecular flexibility index (Phi) is 13.6. The number of aliphatic hydroxyl groups is 1. The second-order valence-electron chi connectivity index (χ2n) is 14.0. The van der Waals surface area contributed by atoms with Gasteiger partial charge in [-0.2, -0.15) is 0 Å². The standard InChI is InChI=1S/C43H52N4O7/c1-51-39-23-32-21-22-47(26-33(32)24-40(39)52-2)27-35-25-38(30-15-13-29(28-48)14-16-30)54-43(53-35)31-17-19-34(20-18-31)45-41(49)11-5-3-4-6-12-42(50)46-37-10-8-7-9-36(37)44/h7-10,13-20,23-24,35,38,43,48H,3-6,11-12,21-22,25-28,44H2,1-2H3,(H,45,49)(H,46,50)/t35-,38+,43+/m1/s1. The van der Waals surface area contributed by atoms with E-state index >= 15 is 0 Å². The number of nitrogen functional groups attached to an aromatic ring is 1. The number of carbonyl (C=O) groups excluding carboxylic acids is 2. The molecule has 0 radical (unpaired) electrons. The summed E-state index contributed by atoms with van der Waals surface area (Å²) in [6.07, 6.45) is 4.76. The van der Waals surface area contributed by atoms with E-state index < -0.39 is 6.29 Å². The molecule has 0 aliphatic carbocycles. The molecule has 11 heteroatoms. The molecule has 2 aliphatic heterocycles. The molecule has 54 heavy (non-hydrogen) atoms. The van der Waals surface area contributed by atoms with Gasteiger partial charge in [-0.3, -0.25) is 14.5 Å². The van der Waals surface area contributed by atoms with Crippen LogP contribution in [0.2, 0.25) is 0 Å². The van der Waals surface area contributed by atoms with Gasteiger partial charge in [0.15, 0.2) is 17.8 Å². The molecule has 0 aromatic heterocycles. The number of methoxy groups -OCH3 is 2. The largest absolute Gasteiger partial charge is 0.493 e. The van der Waals surface area contributed by atoms with Crippen molar-refractivity contribution in [1.82, 2.24) is 4.90 Å². The third kappa shape index (κ3) is 10.4. The number of nitrogens with one attached hydrogen (secondary N) is 2. The lowest BCUT2D eigenvalue weighted by Gasteiger charge is -2.39. The number of para-hydroxylation sites is 2. The number of unbranched alkanes of at least 4 members (excludes halogenated alkanes) is 3. The predicted molar refractivity (Wildman–Crippen MR) is 209 cm³/mol. The molecule has 2 amide bonds. The molecular formula is C43H52N4O7. The Bertz CT molecular complexity index is 1850. The Morgan fingerprint density at radius 2 is 1.46 bits per heavy atom. The summed E-state index contributed by atoms with van der Waals surface area (Å²) in [6, 6.07) is 26.9. The Morgan fingerprint density at radius 1 is 0.815 bits per heavy atom. The molecule has 11 nitrogen and oxygen atoms in total. The Morgan fingerprint density at radius 3 is 2.13 bits per heavy atom. The van der Waals surface area contributed by atoms with Crippen molar-refractivity contribution in [2.75, 3.05) is 43.7 Å². The van der Waals surface area contributed by atoms with Crippen LogP contribution in [0.15, 0.2) is 84.9 Å². The summed E-state index contributed by atoms with van der Waals surface area (Å²) >= 11 is 0. The zero-order chi connectivity index (χ0) is 37.9. The van der Waals surface area contributed by atoms with Gasteiger partial charge in [0.2, 0.25) is 11.8 Å². The number of nitrogens with two attached hydrogens (primary N) is 1. The molecule has 6 rings (SSSR count). The highest BCUT2D eigenvalue weighted by molar-refractivity contribution is 5.93. The molecule has 2 heterocycles. The van der Waals surface area contributed by atoms with Gasteiger partial charge >= 0.3 is 0 Å². The topological polar surface area (TPSA) is 145 Å². The van der Waals surface area contributed by atoms with Crippen molar-refractivity contribution in [3.8, 4) is 11.5 Å². The van der Waals surface area contributed by atoms with Crippen molar-refractivity contribution in [3.05, 3.63) is 113 Å². The lowest BCUT2D eigenvalue weighted by atomic mass is 9.97. The smallest absolute Gasteiger partial charge is 0.224 e. The maximum Gasteiger partial charge on any atom is 0.224 e. The van der Waals surface area contributed by atoms with Gasteiger partial charge in [0, 0.05) is 50.1 Å². The third-order valence-corrected chi connectivity index (χ3v) is 10.1. The summed E-state index contributed by atoms with van der Waals surface area (Å²) in [6.45, 7) is 2.42. The number of amides is 2. The third-order valence-electron chi connectivity index (χ3n) is 10.1. The molecule has 4 aromatic rings. The van der Waals surface area contributed by atoms with Crippen molar-refractivity contribution in [1.29, 1.82) is 0 Å². The summed E-state index contributed by atoms with van der Waals surface area (Å²) in [7, 11) is 3.32. The van der Waals surface area contributed by atoms with E-state index in [4.69, 9.17) is 24.7 Å². The number of aliphatic hydroxyl groups excluding tert-OH is 1. The fraction of sp³-hybridized carbons (Fsp3) is 0.395. The molecular weight excluding hydrogens is 684 g/mol. The van der Waals surface area contributed by atoms with Gasteiger partial charge < -0.3 is 40.4 Å². The van der Waals surface area contributed by atoms with E-state index in [0.717, 1.165) is 79.9 Å². The first kappa shape index (κ1) is 38.8. The van der Waals surface area contributed by atoms with E-state index in [1.807, 2.05) is 60.7 Å². The van der Waals surface area contributed by atoms with Gasteiger partial charge in [0.05, 0.1) is 44.4 Å². The highest BCUT2D eigenvalue weighted by atomic mass is 16.7.